The first kappa shape index (κ1) is 15.6. The summed E-state index contributed by atoms with van der Waals surface area (Å²) in [5.74, 6) is 1.04. The molecule has 1 N–H and O–H groups in total. The molecule has 1 saturated heterocycles. The number of methoxy groups -OCH3 is 1. The maximum absolute atomic E-state index is 11.3. The van der Waals surface area contributed by atoms with Gasteiger partial charge >= 0.3 is 5.69 Å². The Labute approximate surface area is 125 Å². The zero-order chi connectivity index (χ0) is 15.2. The molecule has 1 aliphatic rings. The van der Waals surface area contributed by atoms with E-state index in [9.17, 15) is 10.1 Å². The zero-order valence-electron chi connectivity index (χ0n) is 12.7. The summed E-state index contributed by atoms with van der Waals surface area (Å²) in [6.07, 6.45) is 3.33. The SMILES string of the molecule is CNCCC1CCN(c2cccc(OC)c2[N+](=O)[O-])CC1. The van der Waals surface area contributed by atoms with E-state index in [0.29, 0.717) is 17.4 Å². The van der Waals surface area contributed by atoms with Gasteiger partial charge in [0, 0.05) is 13.1 Å². The molecule has 6 nitrogen and oxygen atoms in total. The van der Waals surface area contributed by atoms with E-state index in [-0.39, 0.29) is 10.6 Å². The predicted molar refractivity (Wildman–Crippen MR) is 83.1 cm³/mol. The normalized spacial score (nSPS) is 16.0. The monoisotopic (exact) mass is 293 g/mol. The molecule has 0 aliphatic carbocycles. The minimum absolute atomic E-state index is 0.0775. The molecule has 1 aromatic rings. The van der Waals surface area contributed by atoms with Crippen LogP contribution in [0.3, 0.4) is 0 Å². The van der Waals surface area contributed by atoms with Crippen molar-refractivity contribution in [3.63, 3.8) is 0 Å². The summed E-state index contributed by atoms with van der Waals surface area (Å²) in [6, 6.07) is 5.27. The maximum Gasteiger partial charge on any atom is 0.333 e. The van der Waals surface area contributed by atoms with Crippen molar-refractivity contribution in [1.82, 2.24) is 5.32 Å². The third-order valence-electron chi connectivity index (χ3n) is 4.14. The number of para-hydroxylation sites is 1. The highest BCUT2D eigenvalue weighted by Crippen LogP contribution is 2.38. The van der Waals surface area contributed by atoms with Gasteiger partial charge in [-0.2, -0.15) is 0 Å². The van der Waals surface area contributed by atoms with Crippen LogP contribution in [0.4, 0.5) is 11.4 Å². The molecule has 0 spiro atoms. The van der Waals surface area contributed by atoms with Gasteiger partial charge in [0.05, 0.1) is 12.0 Å². The summed E-state index contributed by atoms with van der Waals surface area (Å²) in [4.78, 5) is 13.1. The van der Waals surface area contributed by atoms with E-state index in [1.165, 1.54) is 13.5 Å². The van der Waals surface area contributed by atoms with Gasteiger partial charge in [-0.15, -0.1) is 0 Å². The van der Waals surface area contributed by atoms with Crippen molar-refractivity contribution in [3.05, 3.63) is 28.3 Å². The van der Waals surface area contributed by atoms with E-state index in [4.69, 9.17) is 4.74 Å². The molecular formula is C15H23N3O3. The van der Waals surface area contributed by atoms with Crippen LogP contribution in [0.1, 0.15) is 19.3 Å². The summed E-state index contributed by atoms with van der Waals surface area (Å²) in [7, 11) is 3.44. The van der Waals surface area contributed by atoms with Crippen molar-refractivity contribution in [3.8, 4) is 5.75 Å². The van der Waals surface area contributed by atoms with E-state index < -0.39 is 0 Å². The summed E-state index contributed by atoms with van der Waals surface area (Å²) in [5, 5.41) is 14.5. The molecule has 0 unspecified atom stereocenters. The Hall–Kier alpha value is -1.82. The van der Waals surface area contributed by atoms with Gasteiger partial charge in [0.1, 0.15) is 5.69 Å². The first-order chi connectivity index (χ1) is 10.2. The molecule has 1 heterocycles. The number of hydrogen-bond donors (Lipinski definition) is 1. The lowest BCUT2D eigenvalue weighted by Gasteiger charge is -2.33. The van der Waals surface area contributed by atoms with Gasteiger partial charge in [-0.3, -0.25) is 10.1 Å². The van der Waals surface area contributed by atoms with Gasteiger partial charge < -0.3 is 15.0 Å². The van der Waals surface area contributed by atoms with Crippen molar-refractivity contribution in [2.45, 2.75) is 19.3 Å². The fraction of sp³-hybridized carbons (Fsp3) is 0.600. The van der Waals surface area contributed by atoms with Gasteiger partial charge in [-0.25, -0.2) is 0 Å². The Morgan fingerprint density at radius 1 is 1.43 bits per heavy atom. The third kappa shape index (κ3) is 3.64. The highest BCUT2D eigenvalue weighted by atomic mass is 16.6. The average Bonchev–Trinajstić information content (AvgIpc) is 2.52. The lowest BCUT2D eigenvalue weighted by Crippen LogP contribution is -2.34. The molecule has 21 heavy (non-hydrogen) atoms. The van der Waals surface area contributed by atoms with Crippen molar-refractivity contribution in [2.24, 2.45) is 5.92 Å². The number of rotatable bonds is 6. The van der Waals surface area contributed by atoms with Gasteiger partial charge in [0.2, 0.25) is 0 Å². The summed E-state index contributed by atoms with van der Waals surface area (Å²) in [6.45, 7) is 2.76. The molecule has 0 radical (unpaired) electrons. The molecule has 0 amide bonds. The number of hydrogen-bond acceptors (Lipinski definition) is 5. The Balaban J connectivity index is 2.11. The van der Waals surface area contributed by atoms with Crippen LogP contribution >= 0.6 is 0 Å². The van der Waals surface area contributed by atoms with Gasteiger partial charge in [-0.05, 0) is 50.9 Å². The molecule has 1 aromatic carbocycles. The smallest absolute Gasteiger partial charge is 0.333 e. The lowest BCUT2D eigenvalue weighted by atomic mass is 9.93. The third-order valence-corrected chi connectivity index (χ3v) is 4.14. The van der Waals surface area contributed by atoms with Gasteiger partial charge in [0.25, 0.3) is 0 Å². The second-order valence-electron chi connectivity index (χ2n) is 5.41. The van der Waals surface area contributed by atoms with Crippen LogP contribution in [0.5, 0.6) is 5.75 Å². The van der Waals surface area contributed by atoms with Gasteiger partial charge in [0.15, 0.2) is 5.75 Å². The fourth-order valence-electron chi connectivity index (χ4n) is 2.93. The largest absolute Gasteiger partial charge is 0.490 e. The average molecular weight is 293 g/mol. The standard InChI is InChI=1S/C15H23N3O3/c1-16-9-6-12-7-10-17(11-8-12)13-4-3-5-14(21-2)15(13)18(19)20/h3-5,12,16H,6-11H2,1-2H3. The molecule has 1 fully saturated rings. The molecule has 0 saturated carbocycles. The summed E-state index contributed by atoms with van der Waals surface area (Å²) < 4.78 is 5.14. The summed E-state index contributed by atoms with van der Waals surface area (Å²) in [5.41, 5.74) is 0.750. The number of ether oxygens (including phenoxy) is 1. The van der Waals surface area contributed by atoms with Crippen molar-refractivity contribution in [2.75, 3.05) is 38.7 Å². The summed E-state index contributed by atoms with van der Waals surface area (Å²) >= 11 is 0. The molecule has 0 atom stereocenters. The Morgan fingerprint density at radius 2 is 2.14 bits per heavy atom. The van der Waals surface area contributed by atoms with E-state index in [1.807, 2.05) is 19.2 Å². The van der Waals surface area contributed by atoms with Crippen LogP contribution in [-0.2, 0) is 0 Å². The van der Waals surface area contributed by atoms with Crippen LogP contribution in [0, 0.1) is 16.0 Å². The molecule has 116 valence electrons. The number of nitrogens with one attached hydrogen (secondary N) is 1. The van der Waals surface area contributed by atoms with Gasteiger partial charge in [-0.1, -0.05) is 6.07 Å². The molecule has 1 aliphatic heterocycles. The topological polar surface area (TPSA) is 67.6 Å². The zero-order valence-corrected chi connectivity index (χ0v) is 12.7. The highest BCUT2D eigenvalue weighted by Gasteiger charge is 2.27. The minimum atomic E-state index is -0.346. The van der Waals surface area contributed by atoms with Crippen molar-refractivity contribution in [1.29, 1.82) is 0 Å². The molecule has 6 heteroatoms. The molecule has 0 bridgehead atoms. The Kier molecular flexibility index (Phi) is 5.38. The Bertz CT molecular complexity index is 485. The van der Waals surface area contributed by atoms with Crippen LogP contribution < -0.4 is 15.0 Å². The maximum atomic E-state index is 11.3. The number of nitro groups is 1. The van der Waals surface area contributed by atoms with Crippen LogP contribution in [-0.4, -0.2) is 38.7 Å². The molecular weight excluding hydrogens is 270 g/mol. The number of piperidine rings is 1. The second kappa shape index (κ2) is 7.26. The number of anilines is 1. The fourth-order valence-corrected chi connectivity index (χ4v) is 2.93. The molecule has 0 aromatic heterocycles. The minimum Gasteiger partial charge on any atom is -0.490 e. The van der Waals surface area contributed by atoms with E-state index >= 15 is 0 Å². The van der Waals surface area contributed by atoms with Crippen LogP contribution in [0.25, 0.3) is 0 Å². The second-order valence-corrected chi connectivity index (χ2v) is 5.41. The van der Waals surface area contributed by atoms with E-state index in [2.05, 4.69) is 10.2 Å². The van der Waals surface area contributed by atoms with E-state index in [0.717, 1.165) is 32.5 Å². The van der Waals surface area contributed by atoms with Crippen molar-refractivity contribution >= 4 is 11.4 Å². The van der Waals surface area contributed by atoms with Crippen LogP contribution in [0.2, 0.25) is 0 Å². The number of nitrogens with zero attached hydrogens (tertiary/aromatic N) is 2. The van der Waals surface area contributed by atoms with Crippen LogP contribution in [0.15, 0.2) is 18.2 Å². The number of nitro benzene ring substituents is 1. The highest BCUT2D eigenvalue weighted by molar-refractivity contribution is 5.69. The predicted octanol–water partition coefficient (Wildman–Crippen LogP) is 2.43. The first-order valence-electron chi connectivity index (χ1n) is 7.38. The van der Waals surface area contributed by atoms with Crippen molar-refractivity contribution < 1.29 is 9.66 Å². The first-order valence-corrected chi connectivity index (χ1v) is 7.38. The lowest BCUT2D eigenvalue weighted by molar-refractivity contribution is -0.385. The Morgan fingerprint density at radius 3 is 2.71 bits per heavy atom. The number of benzene rings is 1. The molecule has 2 rings (SSSR count). The van der Waals surface area contributed by atoms with E-state index in [1.54, 1.807) is 6.07 Å². The quantitative estimate of drug-likeness (QED) is 0.644.